The van der Waals surface area contributed by atoms with Gasteiger partial charge in [-0.25, -0.2) is 0 Å². The Labute approximate surface area is 113 Å². The minimum absolute atomic E-state index is 0.0502. The van der Waals surface area contributed by atoms with Gasteiger partial charge in [0.05, 0.1) is 18.6 Å². The summed E-state index contributed by atoms with van der Waals surface area (Å²) in [6.07, 6.45) is 1.06. The SMILES string of the molecule is CC1(C)COc2ccc(C(Cl)C3CCOC3)cc21. The molecule has 1 aromatic carbocycles. The predicted octanol–water partition coefficient (Wildman–Crippen LogP) is 3.67. The number of rotatable bonds is 2. The number of ether oxygens (including phenoxy) is 2. The molecule has 0 amide bonds. The number of alkyl halides is 1. The Hall–Kier alpha value is -0.730. The highest BCUT2D eigenvalue weighted by atomic mass is 35.5. The summed E-state index contributed by atoms with van der Waals surface area (Å²) in [5.41, 5.74) is 2.57. The van der Waals surface area contributed by atoms with Gasteiger partial charge in [0.15, 0.2) is 0 Å². The second-order valence-corrected chi connectivity index (χ2v) is 6.42. The van der Waals surface area contributed by atoms with Gasteiger partial charge in [-0.15, -0.1) is 11.6 Å². The fraction of sp³-hybridized carbons (Fsp3) is 0.600. The quantitative estimate of drug-likeness (QED) is 0.761. The first-order valence-electron chi connectivity index (χ1n) is 6.57. The Kier molecular flexibility index (Phi) is 3.03. The third kappa shape index (κ3) is 2.02. The number of hydrogen-bond acceptors (Lipinski definition) is 2. The molecule has 3 rings (SSSR count). The number of benzene rings is 1. The Balaban J connectivity index is 1.90. The van der Waals surface area contributed by atoms with Crippen molar-refractivity contribution in [1.29, 1.82) is 0 Å². The molecule has 1 fully saturated rings. The molecule has 98 valence electrons. The van der Waals surface area contributed by atoms with Crippen LogP contribution in [0.1, 0.15) is 36.8 Å². The zero-order valence-corrected chi connectivity index (χ0v) is 11.7. The van der Waals surface area contributed by atoms with E-state index in [-0.39, 0.29) is 10.8 Å². The molecule has 0 spiro atoms. The maximum absolute atomic E-state index is 6.59. The van der Waals surface area contributed by atoms with Gasteiger partial charge >= 0.3 is 0 Å². The average Bonchev–Trinajstić information content (AvgIpc) is 2.97. The van der Waals surface area contributed by atoms with E-state index in [1.807, 2.05) is 0 Å². The minimum Gasteiger partial charge on any atom is -0.492 e. The van der Waals surface area contributed by atoms with Crippen molar-refractivity contribution in [3.8, 4) is 5.75 Å². The number of fused-ring (bicyclic) bond motifs is 1. The Morgan fingerprint density at radius 1 is 1.39 bits per heavy atom. The zero-order chi connectivity index (χ0) is 12.8. The van der Waals surface area contributed by atoms with E-state index in [1.54, 1.807) is 0 Å². The van der Waals surface area contributed by atoms with Crippen molar-refractivity contribution in [3.63, 3.8) is 0 Å². The monoisotopic (exact) mass is 266 g/mol. The normalized spacial score (nSPS) is 26.7. The van der Waals surface area contributed by atoms with Crippen LogP contribution < -0.4 is 4.74 Å². The first-order valence-corrected chi connectivity index (χ1v) is 7.00. The van der Waals surface area contributed by atoms with Crippen LogP contribution in [0.15, 0.2) is 18.2 Å². The van der Waals surface area contributed by atoms with E-state index < -0.39 is 0 Å². The topological polar surface area (TPSA) is 18.5 Å². The van der Waals surface area contributed by atoms with Gasteiger partial charge < -0.3 is 9.47 Å². The van der Waals surface area contributed by atoms with Crippen LogP contribution in [0.4, 0.5) is 0 Å². The molecule has 18 heavy (non-hydrogen) atoms. The first kappa shape index (κ1) is 12.3. The lowest BCUT2D eigenvalue weighted by molar-refractivity contribution is 0.185. The third-order valence-corrected chi connectivity index (χ3v) is 4.63. The lowest BCUT2D eigenvalue weighted by Crippen LogP contribution is -2.18. The fourth-order valence-electron chi connectivity index (χ4n) is 2.77. The average molecular weight is 267 g/mol. The lowest BCUT2D eigenvalue weighted by Gasteiger charge is -2.19. The molecule has 2 atom stereocenters. The molecule has 0 radical (unpaired) electrons. The Morgan fingerprint density at radius 2 is 2.22 bits per heavy atom. The van der Waals surface area contributed by atoms with Crippen molar-refractivity contribution in [3.05, 3.63) is 29.3 Å². The summed E-state index contributed by atoms with van der Waals surface area (Å²) in [5, 5.41) is 0.0502. The summed E-state index contributed by atoms with van der Waals surface area (Å²) >= 11 is 6.59. The number of halogens is 1. The zero-order valence-electron chi connectivity index (χ0n) is 10.9. The smallest absolute Gasteiger partial charge is 0.123 e. The lowest BCUT2D eigenvalue weighted by atomic mass is 9.85. The van der Waals surface area contributed by atoms with Crippen LogP contribution in [0.25, 0.3) is 0 Å². The highest BCUT2D eigenvalue weighted by Gasteiger charge is 2.33. The summed E-state index contributed by atoms with van der Waals surface area (Å²) in [7, 11) is 0. The van der Waals surface area contributed by atoms with Gasteiger partial charge in [-0.2, -0.15) is 0 Å². The molecule has 3 heteroatoms. The van der Waals surface area contributed by atoms with Gasteiger partial charge in [0.25, 0.3) is 0 Å². The fourth-order valence-corrected chi connectivity index (χ4v) is 3.10. The van der Waals surface area contributed by atoms with Crippen LogP contribution in [0, 0.1) is 5.92 Å². The van der Waals surface area contributed by atoms with E-state index in [9.17, 15) is 0 Å². The minimum atomic E-state index is 0.0502. The Morgan fingerprint density at radius 3 is 2.94 bits per heavy atom. The first-order chi connectivity index (χ1) is 8.58. The number of hydrogen-bond donors (Lipinski definition) is 0. The third-order valence-electron chi connectivity index (χ3n) is 4.02. The molecule has 0 aromatic heterocycles. The van der Waals surface area contributed by atoms with Crippen LogP contribution in [-0.2, 0) is 10.2 Å². The van der Waals surface area contributed by atoms with Crippen molar-refractivity contribution in [2.45, 2.75) is 31.1 Å². The molecule has 0 saturated carbocycles. The van der Waals surface area contributed by atoms with Gasteiger partial charge in [0.1, 0.15) is 5.75 Å². The van der Waals surface area contributed by atoms with Gasteiger partial charge in [-0.1, -0.05) is 19.9 Å². The van der Waals surface area contributed by atoms with Crippen molar-refractivity contribution in [2.24, 2.45) is 5.92 Å². The van der Waals surface area contributed by atoms with Crippen molar-refractivity contribution in [2.75, 3.05) is 19.8 Å². The highest BCUT2D eigenvalue weighted by Crippen LogP contribution is 2.42. The van der Waals surface area contributed by atoms with Crippen molar-refractivity contribution >= 4 is 11.6 Å². The standard InChI is InChI=1S/C15H19ClO2/c1-15(2)9-18-13-4-3-10(7-12(13)15)14(16)11-5-6-17-8-11/h3-4,7,11,14H,5-6,8-9H2,1-2H3. The van der Waals surface area contributed by atoms with E-state index in [4.69, 9.17) is 21.1 Å². The molecule has 0 bridgehead atoms. The van der Waals surface area contributed by atoms with Gasteiger partial charge in [0.2, 0.25) is 0 Å². The summed E-state index contributed by atoms with van der Waals surface area (Å²) in [6.45, 7) is 6.80. The van der Waals surface area contributed by atoms with E-state index in [1.165, 1.54) is 11.1 Å². The van der Waals surface area contributed by atoms with E-state index in [0.717, 1.165) is 32.0 Å². The van der Waals surface area contributed by atoms with Gasteiger partial charge in [0, 0.05) is 23.5 Å². The molecule has 1 saturated heterocycles. The molecule has 0 N–H and O–H groups in total. The van der Waals surface area contributed by atoms with Gasteiger partial charge in [-0.3, -0.25) is 0 Å². The summed E-state index contributed by atoms with van der Waals surface area (Å²) in [4.78, 5) is 0. The van der Waals surface area contributed by atoms with E-state index >= 15 is 0 Å². The molecular formula is C15H19ClO2. The van der Waals surface area contributed by atoms with Crippen LogP contribution in [0.2, 0.25) is 0 Å². The molecule has 0 aliphatic carbocycles. The maximum atomic E-state index is 6.59. The van der Waals surface area contributed by atoms with Crippen LogP contribution in [0.3, 0.4) is 0 Å². The molecule has 2 heterocycles. The predicted molar refractivity (Wildman–Crippen MR) is 72.5 cm³/mol. The van der Waals surface area contributed by atoms with E-state index in [0.29, 0.717) is 5.92 Å². The van der Waals surface area contributed by atoms with E-state index in [2.05, 4.69) is 32.0 Å². The van der Waals surface area contributed by atoms with Crippen molar-refractivity contribution in [1.82, 2.24) is 0 Å². The second kappa shape index (κ2) is 4.43. The van der Waals surface area contributed by atoms with Gasteiger partial charge in [-0.05, 0) is 24.1 Å². The van der Waals surface area contributed by atoms with Crippen LogP contribution >= 0.6 is 11.6 Å². The highest BCUT2D eigenvalue weighted by molar-refractivity contribution is 6.21. The maximum Gasteiger partial charge on any atom is 0.123 e. The van der Waals surface area contributed by atoms with Crippen molar-refractivity contribution < 1.29 is 9.47 Å². The Bertz CT molecular complexity index is 450. The molecule has 2 aliphatic heterocycles. The summed E-state index contributed by atoms with van der Waals surface area (Å²) in [6, 6.07) is 6.37. The molecule has 1 aromatic rings. The molecular weight excluding hydrogens is 248 g/mol. The van der Waals surface area contributed by atoms with Crippen LogP contribution in [0.5, 0.6) is 5.75 Å². The molecule has 2 nitrogen and oxygen atoms in total. The molecule has 2 unspecified atom stereocenters. The molecule has 2 aliphatic rings. The summed E-state index contributed by atoms with van der Waals surface area (Å²) < 4.78 is 11.1. The largest absolute Gasteiger partial charge is 0.492 e. The summed E-state index contributed by atoms with van der Waals surface area (Å²) in [5.74, 6) is 1.45. The van der Waals surface area contributed by atoms with Crippen LogP contribution in [-0.4, -0.2) is 19.8 Å². The second-order valence-electron chi connectivity index (χ2n) is 5.95.